The Morgan fingerprint density at radius 2 is 1.83 bits per heavy atom. The van der Waals surface area contributed by atoms with E-state index in [4.69, 9.17) is 15.4 Å². The average Bonchev–Trinajstić information content (AvgIpc) is 2.66. The lowest BCUT2D eigenvalue weighted by Crippen LogP contribution is -2.74. The lowest BCUT2D eigenvalue weighted by Gasteiger charge is -2.44. The summed E-state index contributed by atoms with van der Waals surface area (Å²) in [6.45, 7) is -0.649. The first-order valence-electron chi connectivity index (χ1n) is 7.89. The third-order valence-corrected chi connectivity index (χ3v) is 4.32. The van der Waals surface area contributed by atoms with Crippen LogP contribution in [0.4, 0.5) is 14.4 Å². The van der Waals surface area contributed by atoms with Crippen LogP contribution in [0.2, 0.25) is 0 Å². The number of β-lactam (4-membered cyclic amide) rings is 1. The number of benzene rings is 1. The molecule has 0 saturated carbocycles. The predicted octanol–water partition coefficient (Wildman–Crippen LogP) is 0.468. The fourth-order valence-corrected chi connectivity index (χ4v) is 2.89. The summed E-state index contributed by atoms with van der Waals surface area (Å²) in [5, 5.41) is 2.23. The number of nitrogens with zero attached hydrogens (tertiary/aromatic N) is 1. The molecule has 1 fully saturated rings. The highest BCUT2D eigenvalue weighted by Gasteiger charge is 2.53. The molecule has 2 N–H and O–H groups in total. The Labute approximate surface area is 169 Å². The number of hydrogen-bond donors (Lipinski definition) is 2. The Hall–Kier alpha value is -3.06. The zero-order chi connectivity index (χ0) is 21.6. The molecular formula is C15H16ClN3O9S. The summed E-state index contributed by atoms with van der Waals surface area (Å²) in [6.07, 6.45) is -2.08. The maximum absolute atomic E-state index is 12.2. The average molecular weight is 450 g/mol. The second-order valence-electron chi connectivity index (χ2n) is 5.57. The second-order valence-corrected chi connectivity index (χ2v) is 7.87. The van der Waals surface area contributed by atoms with Crippen LogP contribution in [0, 0.1) is 0 Å². The quantitative estimate of drug-likeness (QED) is 0.357. The molecule has 0 bridgehead atoms. The van der Waals surface area contributed by atoms with Gasteiger partial charge in [-0.3, -0.25) is 9.69 Å². The summed E-state index contributed by atoms with van der Waals surface area (Å²) in [7, 11) is 1.49. The molecule has 2 atom stereocenters. The van der Waals surface area contributed by atoms with Crippen molar-refractivity contribution in [3.05, 3.63) is 35.9 Å². The van der Waals surface area contributed by atoms with E-state index in [2.05, 4.69) is 14.8 Å². The number of likely N-dealkylation sites (tertiary alicyclic amines) is 1. The monoisotopic (exact) mass is 449 g/mol. The smallest absolute Gasteiger partial charge is 0.445 e. The molecule has 1 aliphatic heterocycles. The summed E-state index contributed by atoms with van der Waals surface area (Å²) in [5.74, 6) is -0.960. The van der Waals surface area contributed by atoms with Gasteiger partial charge in [-0.25, -0.2) is 19.1 Å². The molecule has 0 radical (unpaired) electrons. The number of imide groups is 1. The van der Waals surface area contributed by atoms with Gasteiger partial charge in [0, 0.05) is 10.7 Å². The van der Waals surface area contributed by atoms with E-state index in [1.165, 1.54) is 4.72 Å². The number of nitrogens with one attached hydrogen (secondary N) is 2. The molecule has 158 valence electrons. The van der Waals surface area contributed by atoms with Crippen molar-refractivity contribution >= 4 is 44.1 Å². The van der Waals surface area contributed by atoms with Crippen molar-refractivity contribution in [2.45, 2.75) is 18.7 Å². The molecule has 1 aromatic carbocycles. The maximum atomic E-state index is 12.2. The molecule has 12 nitrogen and oxygen atoms in total. The molecule has 0 aliphatic carbocycles. The van der Waals surface area contributed by atoms with Crippen molar-refractivity contribution < 1.29 is 41.8 Å². The van der Waals surface area contributed by atoms with Gasteiger partial charge in [0.05, 0.1) is 7.11 Å². The van der Waals surface area contributed by atoms with Crippen molar-refractivity contribution in [1.82, 2.24) is 14.9 Å². The Bertz CT molecular complexity index is 894. The van der Waals surface area contributed by atoms with E-state index in [1.54, 1.807) is 30.3 Å². The van der Waals surface area contributed by atoms with Gasteiger partial charge in [0.1, 0.15) is 25.3 Å². The molecule has 14 heteroatoms. The summed E-state index contributed by atoms with van der Waals surface area (Å²) in [5.41, 5.74) is 0.696. The van der Waals surface area contributed by atoms with Gasteiger partial charge in [0.2, 0.25) is 0 Å². The summed E-state index contributed by atoms with van der Waals surface area (Å²) in [6, 6.07) is 4.79. The van der Waals surface area contributed by atoms with Gasteiger partial charge in [0.15, 0.2) is 0 Å². The maximum Gasteiger partial charge on any atom is 0.508 e. The number of hydrogen-bond acceptors (Lipinski definition) is 9. The zero-order valence-corrected chi connectivity index (χ0v) is 16.4. The van der Waals surface area contributed by atoms with Gasteiger partial charge in [-0.1, -0.05) is 30.3 Å². The number of carbonyl (C=O) groups excluding carboxylic acids is 4. The molecule has 29 heavy (non-hydrogen) atoms. The number of rotatable bonds is 6. The summed E-state index contributed by atoms with van der Waals surface area (Å²) < 4.78 is 37.3. The predicted molar refractivity (Wildman–Crippen MR) is 95.8 cm³/mol. The van der Waals surface area contributed by atoms with Gasteiger partial charge >= 0.3 is 27.5 Å². The molecule has 1 saturated heterocycles. The van der Waals surface area contributed by atoms with Gasteiger partial charge in [-0.15, -0.1) is 0 Å². The fourth-order valence-electron chi connectivity index (χ4n) is 2.38. The number of alkyl carbamates (subject to hydrolysis) is 1. The minimum atomic E-state index is -4.47. The SMILES string of the molecule is COC(=O)OC[C@@H]1[C@H](NC(=O)OCc2ccccc2)C(=O)N1C(=O)NS(=O)(=O)Cl. The van der Waals surface area contributed by atoms with E-state index < -0.39 is 52.1 Å². The Balaban J connectivity index is 2.01. The highest BCUT2D eigenvalue weighted by atomic mass is 35.7. The van der Waals surface area contributed by atoms with Crippen LogP contribution < -0.4 is 10.0 Å². The van der Waals surface area contributed by atoms with E-state index in [-0.39, 0.29) is 6.61 Å². The summed E-state index contributed by atoms with van der Waals surface area (Å²) in [4.78, 5) is 47.7. The minimum Gasteiger partial charge on any atom is -0.445 e. The first-order chi connectivity index (χ1) is 13.6. The number of amides is 4. The third-order valence-electron chi connectivity index (χ3n) is 3.67. The van der Waals surface area contributed by atoms with E-state index in [0.29, 0.717) is 10.5 Å². The van der Waals surface area contributed by atoms with Gasteiger partial charge in [-0.2, -0.15) is 8.42 Å². The molecule has 4 amide bonds. The van der Waals surface area contributed by atoms with E-state index >= 15 is 0 Å². The van der Waals surface area contributed by atoms with Gasteiger partial charge in [-0.05, 0) is 5.56 Å². The lowest BCUT2D eigenvalue weighted by atomic mass is 9.96. The van der Waals surface area contributed by atoms with E-state index in [0.717, 1.165) is 7.11 Å². The van der Waals surface area contributed by atoms with Crippen molar-refractivity contribution in [2.75, 3.05) is 13.7 Å². The van der Waals surface area contributed by atoms with Crippen molar-refractivity contribution in [3.63, 3.8) is 0 Å². The minimum absolute atomic E-state index is 0.0778. The van der Waals surface area contributed by atoms with Crippen LogP contribution in [0.5, 0.6) is 0 Å². The molecule has 0 unspecified atom stereocenters. The first-order valence-corrected chi connectivity index (χ1v) is 10.2. The van der Waals surface area contributed by atoms with Gasteiger partial charge < -0.3 is 19.5 Å². The number of methoxy groups -OCH3 is 1. The van der Waals surface area contributed by atoms with Crippen LogP contribution in [0.25, 0.3) is 0 Å². The zero-order valence-electron chi connectivity index (χ0n) is 14.9. The van der Waals surface area contributed by atoms with Crippen LogP contribution in [0.1, 0.15) is 5.56 Å². The number of ether oxygens (including phenoxy) is 3. The number of carbonyl (C=O) groups is 4. The molecule has 1 heterocycles. The van der Waals surface area contributed by atoms with Crippen molar-refractivity contribution in [1.29, 1.82) is 0 Å². The van der Waals surface area contributed by atoms with Crippen LogP contribution >= 0.6 is 10.7 Å². The highest BCUT2D eigenvalue weighted by Crippen LogP contribution is 2.22. The Morgan fingerprint density at radius 3 is 2.41 bits per heavy atom. The standard InChI is InChI=1S/C15H16ClN3O9S/c1-26-15(23)28-8-10-11(12(20)19(10)13(21)18-29(16,24)25)17-14(22)27-7-9-5-3-2-4-6-9/h2-6,10-11H,7-8H2,1H3,(H,17,22)(H,18,21)/t10-,11+/m1/s1. The summed E-state index contributed by atoms with van der Waals surface area (Å²) >= 11 is 0. The molecular weight excluding hydrogens is 434 g/mol. The number of halogens is 1. The first kappa shape index (κ1) is 22.2. The fraction of sp³-hybridized carbons (Fsp3) is 0.333. The van der Waals surface area contributed by atoms with E-state index in [1.807, 2.05) is 0 Å². The highest BCUT2D eigenvalue weighted by molar-refractivity contribution is 8.12. The molecule has 0 spiro atoms. The molecule has 1 aliphatic rings. The second kappa shape index (κ2) is 9.43. The molecule has 2 rings (SSSR count). The number of urea groups is 1. The van der Waals surface area contributed by atoms with Gasteiger partial charge in [0.25, 0.3) is 5.91 Å². The van der Waals surface area contributed by atoms with Crippen molar-refractivity contribution in [3.8, 4) is 0 Å². The Kier molecular flexibility index (Phi) is 7.23. The lowest BCUT2D eigenvalue weighted by molar-refractivity contribution is -0.147. The van der Waals surface area contributed by atoms with Crippen LogP contribution in [-0.2, 0) is 34.8 Å². The normalized spacial score (nSPS) is 18.3. The topological polar surface area (TPSA) is 157 Å². The Morgan fingerprint density at radius 1 is 1.17 bits per heavy atom. The largest absolute Gasteiger partial charge is 0.508 e. The van der Waals surface area contributed by atoms with Crippen LogP contribution in [-0.4, -0.2) is 63.3 Å². The van der Waals surface area contributed by atoms with Crippen molar-refractivity contribution in [2.24, 2.45) is 0 Å². The van der Waals surface area contributed by atoms with E-state index in [9.17, 15) is 27.6 Å². The molecule has 1 aromatic rings. The van der Waals surface area contributed by atoms with Crippen LogP contribution in [0.15, 0.2) is 30.3 Å². The third kappa shape index (κ3) is 6.22. The molecule has 0 aromatic heterocycles. The van der Waals surface area contributed by atoms with Crippen LogP contribution in [0.3, 0.4) is 0 Å².